The molecule has 27 heavy (non-hydrogen) atoms. The summed E-state index contributed by atoms with van der Waals surface area (Å²) in [5.74, 6) is 0.565. The van der Waals surface area contributed by atoms with Gasteiger partial charge in [0.1, 0.15) is 0 Å². The highest BCUT2D eigenvalue weighted by Gasteiger charge is 2.38. The molecule has 2 aromatic rings. The molecule has 3 unspecified atom stereocenters. The Morgan fingerprint density at radius 2 is 2.00 bits per heavy atom. The molecule has 2 aliphatic heterocycles. The maximum Gasteiger partial charge on any atom is 0.324 e. The number of hydrogen-bond donors (Lipinski definition) is 2. The quantitative estimate of drug-likeness (QED) is 0.831. The fraction of sp³-hybridized carbons (Fsp3) is 0.524. The van der Waals surface area contributed by atoms with Crippen LogP contribution in [0, 0.1) is 0 Å². The van der Waals surface area contributed by atoms with Crippen LogP contribution >= 0.6 is 11.3 Å². The molecule has 3 aliphatic rings. The highest BCUT2D eigenvalue weighted by molar-refractivity contribution is 7.15. The second-order valence-electron chi connectivity index (χ2n) is 7.95. The van der Waals surface area contributed by atoms with Gasteiger partial charge in [-0.15, -0.1) is 11.3 Å². The molecule has 2 saturated heterocycles. The normalized spacial score (nSPS) is 27.1. The standard InChI is InChI=1S/C21H26N4OS/c26-21(25-16-7-8-17(25)13-22-11-10-16)24-20-23-18-9-6-15(12-19(18)27-20)14-4-2-1-3-5-14/h1-5,15-17,22H,6-13H2,(H,23,24,26). The summed E-state index contributed by atoms with van der Waals surface area (Å²) in [5.41, 5.74) is 2.60. The number of fused-ring (bicyclic) bond motifs is 3. The lowest BCUT2D eigenvalue weighted by Crippen LogP contribution is -2.44. The van der Waals surface area contributed by atoms with Gasteiger partial charge >= 0.3 is 6.03 Å². The van der Waals surface area contributed by atoms with Gasteiger partial charge in [0.15, 0.2) is 5.13 Å². The highest BCUT2D eigenvalue weighted by atomic mass is 32.1. The number of hydrogen-bond acceptors (Lipinski definition) is 4. The van der Waals surface area contributed by atoms with Gasteiger partial charge in [0.05, 0.1) is 5.69 Å². The third-order valence-electron chi connectivity index (χ3n) is 6.31. The Hall–Kier alpha value is -1.92. The monoisotopic (exact) mass is 382 g/mol. The number of urea groups is 1. The van der Waals surface area contributed by atoms with E-state index in [4.69, 9.17) is 4.98 Å². The molecule has 5 rings (SSSR count). The fourth-order valence-electron chi connectivity index (χ4n) is 4.91. The maximum absolute atomic E-state index is 12.9. The summed E-state index contributed by atoms with van der Waals surface area (Å²) >= 11 is 1.67. The molecule has 2 fully saturated rings. The summed E-state index contributed by atoms with van der Waals surface area (Å²) in [4.78, 5) is 21.1. The smallest absolute Gasteiger partial charge is 0.317 e. The van der Waals surface area contributed by atoms with Crippen LogP contribution in [0.25, 0.3) is 0 Å². The van der Waals surface area contributed by atoms with Crippen molar-refractivity contribution in [3.8, 4) is 0 Å². The van der Waals surface area contributed by atoms with Crippen LogP contribution in [0.2, 0.25) is 0 Å². The molecule has 142 valence electrons. The number of benzene rings is 1. The van der Waals surface area contributed by atoms with Crippen LogP contribution in [0.5, 0.6) is 0 Å². The van der Waals surface area contributed by atoms with Gasteiger partial charge in [-0.1, -0.05) is 30.3 Å². The minimum Gasteiger partial charge on any atom is -0.317 e. The molecule has 2 amide bonds. The van der Waals surface area contributed by atoms with E-state index in [-0.39, 0.29) is 6.03 Å². The van der Waals surface area contributed by atoms with E-state index in [9.17, 15) is 4.79 Å². The van der Waals surface area contributed by atoms with Crippen LogP contribution in [0.1, 0.15) is 47.7 Å². The third kappa shape index (κ3) is 3.36. The van der Waals surface area contributed by atoms with E-state index in [1.54, 1.807) is 11.3 Å². The summed E-state index contributed by atoms with van der Waals surface area (Å²) in [6.07, 6.45) is 6.46. The molecule has 1 aliphatic carbocycles. The molecule has 0 radical (unpaired) electrons. The number of carbonyl (C=O) groups is 1. The maximum atomic E-state index is 12.9. The third-order valence-corrected chi connectivity index (χ3v) is 7.35. The zero-order valence-electron chi connectivity index (χ0n) is 15.5. The van der Waals surface area contributed by atoms with Crippen LogP contribution in [-0.4, -0.2) is 41.1 Å². The predicted octanol–water partition coefficient (Wildman–Crippen LogP) is 3.77. The van der Waals surface area contributed by atoms with Crippen LogP contribution in [-0.2, 0) is 12.8 Å². The van der Waals surface area contributed by atoms with E-state index in [1.807, 2.05) is 0 Å². The van der Waals surface area contributed by atoms with Crippen molar-refractivity contribution in [1.29, 1.82) is 0 Å². The molecule has 0 saturated carbocycles. The van der Waals surface area contributed by atoms with E-state index >= 15 is 0 Å². The first-order valence-corrected chi connectivity index (χ1v) is 10.9. The number of amides is 2. The Balaban J connectivity index is 1.29. The number of nitrogens with zero attached hydrogens (tertiary/aromatic N) is 2. The second-order valence-corrected chi connectivity index (χ2v) is 9.04. The van der Waals surface area contributed by atoms with Gasteiger partial charge in [-0.3, -0.25) is 5.32 Å². The van der Waals surface area contributed by atoms with Crippen LogP contribution in [0.3, 0.4) is 0 Å². The molecule has 2 bridgehead atoms. The van der Waals surface area contributed by atoms with Crippen molar-refractivity contribution in [2.75, 3.05) is 18.4 Å². The van der Waals surface area contributed by atoms with Gasteiger partial charge in [-0.05, 0) is 56.6 Å². The molecule has 1 aromatic heterocycles. The van der Waals surface area contributed by atoms with Crippen molar-refractivity contribution in [1.82, 2.24) is 15.2 Å². The van der Waals surface area contributed by atoms with Crippen molar-refractivity contribution in [2.45, 2.75) is 56.5 Å². The number of anilines is 1. The summed E-state index contributed by atoms with van der Waals surface area (Å²) in [7, 11) is 0. The molecule has 3 heterocycles. The summed E-state index contributed by atoms with van der Waals surface area (Å²) in [5, 5.41) is 7.34. The number of nitrogens with one attached hydrogen (secondary N) is 2. The molecule has 1 aromatic carbocycles. The van der Waals surface area contributed by atoms with Gasteiger partial charge in [0, 0.05) is 23.5 Å². The highest BCUT2D eigenvalue weighted by Crippen LogP contribution is 2.37. The summed E-state index contributed by atoms with van der Waals surface area (Å²) in [6.45, 7) is 1.93. The van der Waals surface area contributed by atoms with Gasteiger partial charge in [-0.2, -0.15) is 0 Å². The Morgan fingerprint density at radius 1 is 1.15 bits per heavy atom. The van der Waals surface area contributed by atoms with Crippen molar-refractivity contribution in [3.63, 3.8) is 0 Å². The molecule has 2 N–H and O–H groups in total. The molecule has 6 heteroatoms. The Labute approximate surface area is 164 Å². The second kappa shape index (κ2) is 7.24. The van der Waals surface area contributed by atoms with E-state index in [0.29, 0.717) is 18.0 Å². The largest absolute Gasteiger partial charge is 0.324 e. The zero-order valence-corrected chi connectivity index (χ0v) is 16.3. The average molecular weight is 383 g/mol. The molecular weight excluding hydrogens is 356 g/mol. The first kappa shape index (κ1) is 17.2. The summed E-state index contributed by atoms with van der Waals surface area (Å²) < 4.78 is 0. The van der Waals surface area contributed by atoms with Crippen molar-refractivity contribution < 1.29 is 4.79 Å². The number of rotatable bonds is 2. The first-order valence-electron chi connectivity index (χ1n) is 10.1. The van der Waals surface area contributed by atoms with Crippen molar-refractivity contribution >= 4 is 22.5 Å². The Bertz CT molecular complexity index is 807. The first-order chi connectivity index (χ1) is 13.3. The van der Waals surface area contributed by atoms with Gasteiger partial charge < -0.3 is 10.2 Å². The molecular formula is C21H26N4OS. The van der Waals surface area contributed by atoms with Crippen LogP contribution in [0.15, 0.2) is 30.3 Å². The zero-order chi connectivity index (χ0) is 18.2. The van der Waals surface area contributed by atoms with Crippen molar-refractivity contribution in [3.05, 3.63) is 46.5 Å². The van der Waals surface area contributed by atoms with Gasteiger partial charge in [0.2, 0.25) is 0 Å². The van der Waals surface area contributed by atoms with Gasteiger partial charge in [-0.25, -0.2) is 9.78 Å². The van der Waals surface area contributed by atoms with Gasteiger partial charge in [0.25, 0.3) is 0 Å². The molecule has 0 spiro atoms. The fourth-order valence-corrected chi connectivity index (χ4v) is 5.99. The molecule has 5 nitrogen and oxygen atoms in total. The van der Waals surface area contributed by atoms with Crippen LogP contribution < -0.4 is 10.6 Å². The lowest BCUT2D eigenvalue weighted by molar-refractivity contribution is 0.190. The number of aromatic nitrogens is 1. The predicted molar refractivity (Wildman–Crippen MR) is 108 cm³/mol. The Morgan fingerprint density at radius 3 is 2.89 bits per heavy atom. The topological polar surface area (TPSA) is 57.3 Å². The van der Waals surface area contributed by atoms with E-state index in [2.05, 4.69) is 45.9 Å². The van der Waals surface area contributed by atoms with E-state index in [0.717, 1.165) is 56.7 Å². The SMILES string of the molecule is O=C(Nc1nc2c(s1)CC(c1ccccc1)CC2)N1C2CCNCC1CC2. The lowest BCUT2D eigenvalue weighted by Gasteiger charge is -2.27. The number of aryl methyl sites for hydroxylation is 1. The van der Waals surface area contributed by atoms with Crippen molar-refractivity contribution in [2.24, 2.45) is 0 Å². The Kier molecular flexibility index (Phi) is 4.61. The minimum atomic E-state index is 0.0388. The number of carbonyl (C=O) groups excluding carboxylic acids is 1. The summed E-state index contributed by atoms with van der Waals surface area (Å²) in [6, 6.07) is 11.5. The average Bonchev–Trinajstić information content (AvgIpc) is 3.20. The number of thiazole rings is 1. The van der Waals surface area contributed by atoms with Crippen LogP contribution in [0.4, 0.5) is 9.93 Å². The van der Waals surface area contributed by atoms with E-state index < -0.39 is 0 Å². The molecule has 3 atom stereocenters. The minimum absolute atomic E-state index is 0.0388. The lowest BCUT2D eigenvalue weighted by atomic mass is 9.85. The van der Waals surface area contributed by atoms with E-state index in [1.165, 1.54) is 16.1 Å².